The van der Waals surface area contributed by atoms with Gasteiger partial charge in [0.05, 0.1) is 40.1 Å². The van der Waals surface area contributed by atoms with Gasteiger partial charge in [-0.25, -0.2) is 14.6 Å². The molecule has 0 radical (unpaired) electrons. The van der Waals surface area contributed by atoms with E-state index in [9.17, 15) is 14.4 Å². The molecule has 9 nitrogen and oxygen atoms in total. The Hall–Kier alpha value is -3.31. The normalized spacial score (nSPS) is 15.1. The molecule has 2 heterocycles. The largest absolute Gasteiger partial charge is 0.496 e. The van der Waals surface area contributed by atoms with Crippen LogP contribution in [0, 0.1) is 0 Å². The molecule has 13 heteroatoms. The van der Waals surface area contributed by atoms with Crippen LogP contribution in [0.25, 0.3) is 6.08 Å². The molecule has 1 aliphatic heterocycles. The predicted octanol–water partition coefficient (Wildman–Crippen LogP) is 3.84. The third kappa shape index (κ3) is 5.30. The highest BCUT2D eigenvalue weighted by atomic mass is 35.5. The predicted molar refractivity (Wildman–Crippen MR) is 143 cm³/mol. The summed E-state index contributed by atoms with van der Waals surface area (Å²) in [5, 5.41) is 9.38. The standard InChI is InChI=1S/C25H19Cl3N2O7S/c1-11-20(24(34)36-3)21(14-9-13(26)4-5-17(14)35-2)30-23(33)18(38-25(30)29-11)8-12-6-15(27)22(16(28)7-12)37-10-19(31)32/h4-9,21H,10H2,1-3H3,(H,31,32)/b18-8-/t21-/m0/s1. The van der Waals surface area contributed by atoms with E-state index in [0.717, 1.165) is 11.3 Å². The topological polar surface area (TPSA) is 116 Å². The van der Waals surface area contributed by atoms with Crippen molar-refractivity contribution in [3.05, 3.63) is 87.5 Å². The maximum atomic E-state index is 13.7. The number of esters is 1. The fraction of sp³-hybridized carbons (Fsp3) is 0.200. The van der Waals surface area contributed by atoms with E-state index in [4.69, 9.17) is 54.1 Å². The maximum absolute atomic E-state index is 13.7. The Kier molecular flexibility index (Phi) is 8.17. The van der Waals surface area contributed by atoms with Gasteiger partial charge in [-0.05, 0) is 48.9 Å². The van der Waals surface area contributed by atoms with Gasteiger partial charge >= 0.3 is 11.9 Å². The summed E-state index contributed by atoms with van der Waals surface area (Å²) in [6.45, 7) is 1.04. The summed E-state index contributed by atoms with van der Waals surface area (Å²) in [7, 11) is 2.72. The fourth-order valence-electron chi connectivity index (χ4n) is 3.99. The van der Waals surface area contributed by atoms with E-state index in [1.807, 2.05) is 0 Å². The number of rotatable bonds is 7. The van der Waals surface area contributed by atoms with Crippen LogP contribution in [0.4, 0.5) is 0 Å². The number of nitrogens with zero attached hydrogens (tertiary/aromatic N) is 2. The highest BCUT2D eigenvalue weighted by Crippen LogP contribution is 2.37. The second kappa shape index (κ2) is 11.2. The van der Waals surface area contributed by atoms with E-state index in [2.05, 4.69) is 4.99 Å². The van der Waals surface area contributed by atoms with Crippen LogP contribution in [-0.4, -0.2) is 42.4 Å². The zero-order valence-corrected chi connectivity index (χ0v) is 23.2. The number of hydrogen-bond donors (Lipinski definition) is 1. The van der Waals surface area contributed by atoms with Gasteiger partial charge in [-0.2, -0.15) is 0 Å². The van der Waals surface area contributed by atoms with Gasteiger partial charge in [0.25, 0.3) is 5.56 Å². The van der Waals surface area contributed by atoms with Crippen LogP contribution in [0.3, 0.4) is 0 Å². The molecule has 3 aromatic rings. The third-order valence-corrected chi connectivity index (χ3v) is 7.35. The summed E-state index contributed by atoms with van der Waals surface area (Å²) in [6.07, 6.45) is 1.56. The van der Waals surface area contributed by atoms with Crippen molar-refractivity contribution in [2.24, 2.45) is 4.99 Å². The zero-order chi connectivity index (χ0) is 27.7. The number of carbonyl (C=O) groups is 2. The Bertz CT molecular complexity index is 1650. The van der Waals surface area contributed by atoms with Crippen LogP contribution >= 0.6 is 46.1 Å². The number of ether oxygens (including phenoxy) is 3. The molecule has 0 aliphatic carbocycles. The zero-order valence-electron chi connectivity index (χ0n) is 20.1. The van der Waals surface area contributed by atoms with Crippen LogP contribution in [0.2, 0.25) is 15.1 Å². The lowest BCUT2D eigenvalue weighted by atomic mass is 9.95. The molecule has 1 atom stereocenters. The van der Waals surface area contributed by atoms with Gasteiger partial charge in [0.15, 0.2) is 17.2 Å². The molecule has 0 saturated carbocycles. The van der Waals surface area contributed by atoms with Gasteiger partial charge < -0.3 is 19.3 Å². The molecule has 4 rings (SSSR count). The molecule has 2 aromatic carbocycles. The van der Waals surface area contributed by atoms with E-state index < -0.39 is 30.1 Å². The van der Waals surface area contributed by atoms with Crippen LogP contribution in [0.5, 0.6) is 11.5 Å². The Balaban J connectivity index is 1.92. The van der Waals surface area contributed by atoms with Crippen molar-refractivity contribution < 1.29 is 28.9 Å². The first-order valence-electron chi connectivity index (χ1n) is 10.8. The van der Waals surface area contributed by atoms with E-state index in [0.29, 0.717) is 32.4 Å². The lowest BCUT2D eigenvalue weighted by molar-refractivity contribution is -0.139. The van der Waals surface area contributed by atoms with Crippen molar-refractivity contribution in [1.29, 1.82) is 0 Å². The molecule has 1 N–H and O–H groups in total. The van der Waals surface area contributed by atoms with Gasteiger partial charge in [0.2, 0.25) is 0 Å². The maximum Gasteiger partial charge on any atom is 0.341 e. The van der Waals surface area contributed by atoms with Crippen LogP contribution in [0.15, 0.2) is 51.4 Å². The van der Waals surface area contributed by atoms with Crippen molar-refractivity contribution in [3.63, 3.8) is 0 Å². The Morgan fingerprint density at radius 3 is 2.45 bits per heavy atom. The van der Waals surface area contributed by atoms with Crippen molar-refractivity contribution in [2.45, 2.75) is 13.0 Å². The summed E-state index contributed by atoms with van der Waals surface area (Å²) in [5.74, 6) is -1.40. The number of benzene rings is 2. The molecular weight excluding hydrogens is 579 g/mol. The van der Waals surface area contributed by atoms with Gasteiger partial charge in [-0.1, -0.05) is 46.1 Å². The number of fused-ring (bicyclic) bond motifs is 1. The summed E-state index contributed by atoms with van der Waals surface area (Å²) < 4.78 is 17.3. The number of aliphatic carboxylic acids is 1. The third-order valence-electron chi connectivity index (χ3n) is 5.57. The molecule has 1 aliphatic rings. The first kappa shape index (κ1) is 27.7. The SMILES string of the molecule is COC(=O)C1=C(C)N=c2s/c(=C\c3cc(Cl)c(OCC(=O)O)c(Cl)c3)c(=O)n2[C@H]1c1cc(Cl)ccc1OC. The van der Waals surface area contributed by atoms with Gasteiger partial charge in [0.1, 0.15) is 11.8 Å². The minimum atomic E-state index is -1.19. The minimum absolute atomic E-state index is 0.0146. The van der Waals surface area contributed by atoms with Crippen LogP contribution in [-0.2, 0) is 14.3 Å². The number of methoxy groups -OCH3 is 2. The van der Waals surface area contributed by atoms with Crippen molar-refractivity contribution in [3.8, 4) is 11.5 Å². The molecule has 38 heavy (non-hydrogen) atoms. The Labute approximate surface area is 234 Å². The lowest BCUT2D eigenvalue weighted by Gasteiger charge is -2.25. The van der Waals surface area contributed by atoms with E-state index in [-0.39, 0.29) is 25.9 Å². The quantitative estimate of drug-likeness (QED) is 0.412. The summed E-state index contributed by atoms with van der Waals surface area (Å²) in [4.78, 5) is 42.3. The number of thiazole rings is 1. The summed E-state index contributed by atoms with van der Waals surface area (Å²) in [6, 6.07) is 6.97. The highest BCUT2D eigenvalue weighted by molar-refractivity contribution is 7.07. The van der Waals surface area contributed by atoms with Crippen molar-refractivity contribution in [2.75, 3.05) is 20.8 Å². The Morgan fingerprint density at radius 1 is 1.16 bits per heavy atom. The first-order valence-corrected chi connectivity index (χ1v) is 12.8. The smallest absolute Gasteiger partial charge is 0.341 e. The number of carbonyl (C=O) groups excluding carboxylic acids is 1. The fourth-order valence-corrected chi connectivity index (χ4v) is 5.83. The number of allylic oxidation sites excluding steroid dienone is 1. The molecule has 0 amide bonds. The Morgan fingerprint density at radius 2 is 1.84 bits per heavy atom. The average Bonchev–Trinajstić information content (AvgIpc) is 3.16. The number of carboxylic acids is 1. The molecule has 0 unspecified atom stereocenters. The minimum Gasteiger partial charge on any atom is -0.496 e. The van der Waals surface area contributed by atoms with Gasteiger partial charge in [0, 0.05) is 10.6 Å². The number of aromatic nitrogens is 1. The number of hydrogen-bond acceptors (Lipinski definition) is 8. The summed E-state index contributed by atoms with van der Waals surface area (Å²) >= 11 is 19.9. The highest BCUT2D eigenvalue weighted by Gasteiger charge is 2.35. The average molecular weight is 598 g/mol. The van der Waals surface area contributed by atoms with E-state index in [1.54, 1.807) is 31.2 Å². The van der Waals surface area contributed by atoms with Crippen molar-refractivity contribution in [1.82, 2.24) is 4.57 Å². The van der Waals surface area contributed by atoms with Crippen LogP contribution in [0.1, 0.15) is 24.1 Å². The van der Waals surface area contributed by atoms with E-state index in [1.165, 1.54) is 30.9 Å². The molecule has 198 valence electrons. The van der Waals surface area contributed by atoms with Crippen LogP contribution < -0.4 is 24.4 Å². The molecule has 1 aromatic heterocycles. The van der Waals surface area contributed by atoms with Gasteiger partial charge in [-0.3, -0.25) is 9.36 Å². The molecule has 0 saturated heterocycles. The second-order valence-corrected chi connectivity index (χ2v) is 10.2. The molecule has 0 bridgehead atoms. The van der Waals surface area contributed by atoms with Crippen molar-refractivity contribution >= 4 is 64.2 Å². The molecule has 0 spiro atoms. The summed E-state index contributed by atoms with van der Waals surface area (Å²) in [5.41, 5.74) is 1.05. The second-order valence-electron chi connectivity index (χ2n) is 7.96. The first-order chi connectivity index (χ1) is 18.0. The van der Waals surface area contributed by atoms with E-state index >= 15 is 0 Å². The number of carboxylic acid groups (broad SMARTS) is 1. The molecular formula is C25H19Cl3N2O7S. The number of halogens is 3. The molecule has 0 fully saturated rings. The monoisotopic (exact) mass is 596 g/mol. The lowest BCUT2D eigenvalue weighted by Crippen LogP contribution is -2.40. The van der Waals surface area contributed by atoms with Gasteiger partial charge in [-0.15, -0.1) is 0 Å².